The summed E-state index contributed by atoms with van der Waals surface area (Å²) in [6.07, 6.45) is 5.61. The molecule has 0 heterocycles. The number of hydrogen-bond donors (Lipinski definition) is 1. The minimum absolute atomic E-state index is 0.109. The first kappa shape index (κ1) is 26.7. The van der Waals surface area contributed by atoms with Gasteiger partial charge in [0, 0.05) is 24.0 Å². The van der Waals surface area contributed by atoms with Gasteiger partial charge in [-0.25, -0.2) is 4.39 Å². The molecule has 1 N–H and O–H groups in total. The third-order valence-electron chi connectivity index (χ3n) is 6.64. The number of amides is 2. The molecule has 1 aliphatic rings. The lowest BCUT2D eigenvalue weighted by molar-refractivity contribution is -0.143. The van der Waals surface area contributed by atoms with Crippen LogP contribution in [-0.4, -0.2) is 35.4 Å². The Kier molecular flexibility index (Phi) is 9.55. The number of hydrogen-bond acceptors (Lipinski definition) is 3. The van der Waals surface area contributed by atoms with Crippen LogP contribution < -0.4 is 10.1 Å². The molecule has 1 saturated carbocycles. The van der Waals surface area contributed by atoms with Gasteiger partial charge in [0.2, 0.25) is 5.91 Å². The molecule has 1 fully saturated rings. The number of carbonyl (C=O) groups excluding carboxylic acids is 2. The molecule has 0 radical (unpaired) electrons. The lowest BCUT2D eigenvalue weighted by Crippen LogP contribution is -2.53. The Hall–Kier alpha value is -3.38. The lowest BCUT2D eigenvalue weighted by atomic mass is 9.94. The Morgan fingerprint density at radius 1 is 0.946 bits per heavy atom. The van der Waals surface area contributed by atoms with Crippen LogP contribution in [0.5, 0.6) is 5.75 Å². The highest BCUT2D eigenvalue weighted by Gasteiger charge is 2.32. The molecule has 0 bridgehead atoms. The van der Waals surface area contributed by atoms with Crippen molar-refractivity contribution in [1.29, 1.82) is 0 Å². The summed E-state index contributed by atoms with van der Waals surface area (Å²) in [5.74, 6) is -0.524. The molecule has 1 atom stereocenters. The van der Waals surface area contributed by atoms with Crippen LogP contribution in [-0.2, 0) is 22.6 Å². The van der Waals surface area contributed by atoms with Crippen molar-refractivity contribution in [2.24, 2.45) is 0 Å². The van der Waals surface area contributed by atoms with Crippen LogP contribution in [0.1, 0.15) is 43.2 Å². The fraction of sp³-hybridized carbons (Fsp3) is 0.333. The normalized spacial score (nSPS) is 14.5. The van der Waals surface area contributed by atoms with E-state index in [-0.39, 0.29) is 36.8 Å². The molecule has 3 aromatic carbocycles. The monoisotopic (exact) mass is 522 g/mol. The van der Waals surface area contributed by atoms with E-state index in [0.717, 1.165) is 36.8 Å². The second-order valence-corrected chi connectivity index (χ2v) is 9.88. The maximum absolute atomic E-state index is 13.7. The van der Waals surface area contributed by atoms with Crippen molar-refractivity contribution in [2.75, 3.05) is 6.61 Å². The maximum atomic E-state index is 13.7. The van der Waals surface area contributed by atoms with Crippen molar-refractivity contribution in [3.63, 3.8) is 0 Å². The summed E-state index contributed by atoms with van der Waals surface area (Å²) in [6, 6.07) is 21.8. The van der Waals surface area contributed by atoms with Crippen molar-refractivity contribution in [1.82, 2.24) is 10.2 Å². The highest BCUT2D eigenvalue weighted by Crippen LogP contribution is 2.21. The summed E-state index contributed by atoms with van der Waals surface area (Å²) in [4.78, 5) is 28.9. The van der Waals surface area contributed by atoms with Crippen LogP contribution in [0.2, 0.25) is 5.02 Å². The summed E-state index contributed by atoms with van der Waals surface area (Å²) in [5, 5.41) is 3.76. The fourth-order valence-electron chi connectivity index (χ4n) is 4.69. The van der Waals surface area contributed by atoms with Crippen LogP contribution in [0.25, 0.3) is 0 Å². The van der Waals surface area contributed by atoms with E-state index < -0.39 is 6.04 Å². The Labute approximate surface area is 222 Å². The standard InChI is InChI=1S/C30H32ClFN2O3/c31-24-11-7-10-23(18-24)20-34(29(35)21-37-27-16-14-25(32)15-17-27)28(19-22-8-3-1-4-9-22)30(36)33-26-12-5-2-6-13-26/h1,3-4,7-11,14-18,26,28H,2,5-6,12-13,19-21H2,(H,33,36)/t28-/m1/s1. The number of halogens is 2. The van der Waals surface area contributed by atoms with E-state index in [1.807, 2.05) is 42.5 Å². The number of ether oxygens (including phenoxy) is 1. The van der Waals surface area contributed by atoms with Crippen molar-refractivity contribution < 1.29 is 18.7 Å². The van der Waals surface area contributed by atoms with Gasteiger partial charge in [0.1, 0.15) is 17.6 Å². The van der Waals surface area contributed by atoms with Gasteiger partial charge in [-0.2, -0.15) is 0 Å². The van der Waals surface area contributed by atoms with Crippen LogP contribution >= 0.6 is 11.6 Å². The summed E-state index contributed by atoms with van der Waals surface area (Å²) in [6.45, 7) is -0.0873. The molecular formula is C30H32ClFN2O3. The predicted molar refractivity (Wildman–Crippen MR) is 143 cm³/mol. The number of nitrogens with zero attached hydrogens (tertiary/aromatic N) is 1. The molecule has 5 nitrogen and oxygen atoms in total. The van der Waals surface area contributed by atoms with E-state index in [4.69, 9.17) is 16.3 Å². The summed E-state index contributed by atoms with van der Waals surface area (Å²) < 4.78 is 19.0. The summed E-state index contributed by atoms with van der Waals surface area (Å²) in [7, 11) is 0. The Balaban J connectivity index is 1.60. The zero-order valence-electron chi connectivity index (χ0n) is 20.7. The molecule has 0 aromatic heterocycles. The lowest BCUT2D eigenvalue weighted by Gasteiger charge is -2.33. The quantitative estimate of drug-likeness (QED) is 0.358. The molecule has 194 valence electrons. The van der Waals surface area contributed by atoms with Crippen molar-refractivity contribution in [2.45, 2.75) is 57.2 Å². The van der Waals surface area contributed by atoms with Crippen molar-refractivity contribution >= 4 is 23.4 Å². The molecule has 0 spiro atoms. The van der Waals surface area contributed by atoms with E-state index in [9.17, 15) is 14.0 Å². The molecular weight excluding hydrogens is 491 g/mol. The van der Waals surface area contributed by atoms with Crippen LogP contribution in [0.15, 0.2) is 78.9 Å². The van der Waals surface area contributed by atoms with Gasteiger partial charge >= 0.3 is 0 Å². The molecule has 4 rings (SSSR count). The second-order valence-electron chi connectivity index (χ2n) is 9.44. The van der Waals surface area contributed by atoms with Crippen molar-refractivity contribution in [3.05, 3.63) is 101 Å². The number of carbonyl (C=O) groups is 2. The second kappa shape index (κ2) is 13.2. The molecule has 0 saturated heterocycles. The zero-order chi connectivity index (χ0) is 26.0. The average Bonchev–Trinajstić information content (AvgIpc) is 2.91. The molecule has 1 aliphatic carbocycles. The van der Waals surface area contributed by atoms with E-state index in [0.29, 0.717) is 17.2 Å². The first-order valence-corrected chi connectivity index (χ1v) is 13.1. The molecule has 0 aliphatic heterocycles. The SMILES string of the molecule is O=C(NC1CCCCC1)[C@@H](Cc1ccccc1)N(Cc1cccc(Cl)c1)C(=O)COc1ccc(F)cc1. The van der Waals surface area contributed by atoms with Gasteiger partial charge in [0.15, 0.2) is 6.61 Å². The largest absolute Gasteiger partial charge is 0.484 e. The molecule has 3 aromatic rings. The van der Waals surface area contributed by atoms with Gasteiger partial charge in [0.25, 0.3) is 5.91 Å². The van der Waals surface area contributed by atoms with Gasteiger partial charge in [-0.05, 0) is 60.4 Å². The third kappa shape index (κ3) is 8.05. The highest BCUT2D eigenvalue weighted by molar-refractivity contribution is 6.30. The van der Waals surface area contributed by atoms with Gasteiger partial charge in [-0.15, -0.1) is 0 Å². The fourth-order valence-corrected chi connectivity index (χ4v) is 4.90. The van der Waals surface area contributed by atoms with E-state index in [1.54, 1.807) is 17.0 Å². The molecule has 0 unspecified atom stereocenters. The minimum Gasteiger partial charge on any atom is -0.484 e. The van der Waals surface area contributed by atoms with Gasteiger partial charge in [-0.1, -0.05) is 73.3 Å². The first-order chi connectivity index (χ1) is 18.0. The Morgan fingerprint density at radius 3 is 2.35 bits per heavy atom. The van der Waals surface area contributed by atoms with E-state index in [2.05, 4.69) is 5.32 Å². The number of nitrogens with one attached hydrogen (secondary N) is 1. The summed E-state index contributed by atoms with van der Waals surface area (Å²) in [5.41, 5.74) is 1.76. The highest BCUT2D eigenvalue weighted by atomic mass is 35.5. The number of rotatable bonds is 10. The van der Waals surface area contributed by atoms with E-state index in [1.165, 1.54) is 30.7 Å². The van der Waals surface area contributed by atoms with Gasteiger partial charge < -0.3 is 15.0 Å². The smallest absolute Gasteiger partial charge is 0.261 e. The minimum atomic E-state index is -0.743. The molecule has 37 heavy (non-hydrogen) atoms. The topological polar surface area (TPSA) is 58.6 Å². The Morgan fingerprint density at radius 2 is 1.65 bits per heavy atom. The van der Waals surface area contributed by atoms with E-state index >= 15 is 0 Å². The maximum Gasteiger partial charge on any atom is 0.261 e. The zero-order valence-corrected chi connectivity index (χ0v) is 21.5. The van der Waals surface area contributed by atoms with Gasteiger partial charge in [-0.3, -0.25) is 9.59 Å². The average molecular weight is 523 g/mol. The van der Waals surface area contributed by atoms with Crippen molar-refractivity contribution in [3.8, 4) is 5.75 Å². The predicted octanol–water partition coefficient (Wildman–Crippen LogP) is 5.95. The van der Waals surface area contributed by atoms with Crippen LogP contribution in [0.4, 0.5) is 4.39 Å². The summed E-state index contributed by atoms with van der Waals surface area (Å²) >= 11 is 6.22. The molecule has 7 heteroatoms. The molecule has 2 amide bonds. The third-order valence-corrected chi connectivity index (χ3v) is 6.88. The van der Waals surface area contributed by atoms with Crippen LogP contribution in [0.3, 0.4) is 0 Å². The Bertz CT molecular complexity index is 1170. The van der Waals surface area contributed by atoms with Crippen LogP contribution in [0, 0.1) is 5.82 Å². The van der Waals surface area contributed by atoms with Gasteiger partial charge in [0.05, 0.1) is 0 Å². The first-order valence-electron chi connectivity index (χ1n) is 12.7. The number of benzene rings is 3.